The zero-order valence-corrected chi connectivity index (χ0v) is 11.2. The van der Waals surface area contributed by atoms with E-state index < -0.39 is 12.1 Å². The standard InChI is InChI=1S/C14H13N3O4/c1-9-12(15-7-11(16-9)13(18)19)17-14(20)21-8-10-5-3-2-4-6-10/h2-7H,8H2,1H3,(H,18,19)(H,15,17,20). The number of rotatable bonds is 4. The molecule has 0 fully saturated rings. The van der Waals surface area contributed by atoms with Gasteiger partial charge in [-0.3, -0.25) is 5.32 Å². The SMILES string of the molecule is Cc1nc(C(=O)O)cnc1NC(=O)OCc1ccccc1. The van der Waals surface area contributed by atoms with E-state index in [-0.39, 0.29) is 18.1 Å². The molecule has 0 bridgehead atoms. The maximum Gasteiger partial charge on any atom is 0.413 e. The molecule has 21 heavy (non-hydrogen) atoms. The van der Waals surface area contributed by atoms with E-state index in [0.29, 0.717) is 5.69 Å². The number of anilines is 1. The minimum absolute atomic E-state index is 0.131. The first kappa shape index (κ1) is 14.4. The molecule has 0 saturated carbocycles. The van der Waals surface area contributed by atoms with Crippen LogP contribution in [0.5, 0.6) is 0 Å². The molecule has 0 radical (unpaired) electrons. The highest BCUT2D eigenvalue weighted by Crippen LogP contribution is 2.10. The Labute approximate surface area is 120 Å². The highest BCUT2D eigenvalue weighted by atomic mass is 16.5. The van der Waals surface area contributed by atoms with Crippen molar-refractivity contribution in [2.45, 2.75) is 13.5 Å². The number of nitrogens with zero attached hydrogens (tertiary/aromatic N) is 2. The number of carboxylic acids is 1. The van der Waals surface area contributed by atoms with Crippen LogP contribution in [0.3, 0.4) is 0 Å². The van der Waals surface area contributed by atoms with Crippen LogP contribution in [-0.2, 0) is 11.3 Å². The molecule has 7 heteroatoms. The lowest BCUT2D eigenvalue weighted by molar-refractivity contribution is 0.0689. The molecule has 7 nitrogen and oxygen atoms in total. The Hall–Kier alpha value is -2.96. The third-order valence-corrected chi connectivity index (χ3v) is 2.60. The maximum atomic E-state index is 11.6. The summed E-state index contributed by atoms with van der Waals surface area (Å²) in [5.74, 6) is -1.01. The van der Waals surface area contributed by atoms with Crippen molar-refractivity contribution in [2.75, 3.05) is 5.32 Å². The van der Waals surface area contributed by atoms with Gasteiger partial charge in [-0.25, -0.2) is 19.6 Å². The molecule has 2 aromatic rings. The van der Waals surface area contributed by atoms with Crippen molar-refractivity contribution in [2.24, 2.45) is 0 Å². The normalized spacial score (nSPS) is 9.95. The van der Waals surface area contributed by atoms with Crippen LogP contribution in [0.25, 0.3) is 0 Å². The number of hydrogen-bond acceptors (Lipinski definition) is 5. The van der Waals surface area contributed by atoms with Gasteiger partial charge in [0, 0.05) is 0 Å². The number of carbonyl (C=O) groups excluding carboxylic acids is 1. The van der Waals surface area contributed by atoms with E-state index in [1.165, 1.54) is 0 Å². The van der Waals surface area contributed by atoms with Gasteiger partial charge in [-0.2, -0.15) is 0 Å². The van der Waals surface area contributed by atoms with E-state index in [4.69, 9.17) is 9.84 Å². The fraction of sp³-hybridized carbons (Fsp3) is 0.143. The van der Waals surface area contributed by atoms with Crippen LogP contribution >= 0.6 is 0 Å². The van der Waals surface area contributed by atoms with E-state index in [1.807, 2.05) is 30.3 Å². The minimum Gasteiger partial charge on any atom is -0.476 e. The van der Waals surface area contributed by atoms with Crippen molar-refractivity contribution >= 4 is 17.9 Å². The van der Waals surface area contributed by atoms with Gasteiger partial charge in [0.1, 0.15) is 6.61 Å². The van der Waals surface area contributed by atoms with Gasteiger partial charge in [0.2, 0.25) is 0 Å². The average molecular weight is 287 g/mol. The number of benzene rings is 1. The first-order chi connectivity index (χ1) is 10.1. The summed E-state index contributed by atoms with van der Waals surface area (Å²) in [5, 5.41) is 11.2. The van der Waals surface area contributed by atoms with Crippen LogP contribution in [0, 0.1) is 6.92 Å². The molecule has 1 aromatic carbocycles. The molecular weight excluding hydrogens is 274 g/mol. The molecule has 1 heterocycles. The lowest BCUT2D eigenvalue weighted by Gasteiger charge is -2.08. The molecule has 1 amide bonds. The summed E-state index contributed by atoms with van der Waals surface area (Å²) in [7, 11) is 0. The van der Waals surface area contributed by atoms with Gasteiger partial charge in [-0.05, 0) is 12.5 Å². The monoisotopic (exact) mass is 287 g/mol. The minimum atomic E-state index is -1.18. The molecule has 0 aliphatic rings. The fourth-order valence-corrected chi connectivity index (χ4v) is 1.56. The predicted octanol–water partition coefficient (Wildman–Crippen LogP) is 2.23. The van der Waals surface area contributed by atoms with E-state index in [1.54, 1.807) is 6.92 Å². The van der Waals surface area contributed by atoms with Crippen LogP contribution in [0.4, 0.5) is 10.6 Å². The first-order valence-electron chi connectivity index (χ1n) is 6.11. The summed E-state index contributed by atoms with van der Waals surface area (Å²) in [5.41, 5.74) is 0.971. The second kappa shape index (κ2) is 6.47. The Morgan fingerprint density at radius 3 is 2.62 bits per heavy atom. The molecule has 1 aromatic heterocycles. The molecule has 0 aliphatic heterocycles. The molecule has 108 valence electrons. The second-order valence-electron chi connectivity index (χ2n) is 4.18. The topological polar surface area (TPSA) is 101 Å². The zero-order valence-electron chi connectivity index (χ0n) is 11.2. The molecule has 2 rings (SSSR count). The lowest BCUT2D eigenvalue weighted by Crippen LogP contribution is -2.16. The second-order valence-corrected chi connectivity index (χ2v) is 4.18. The number of carbonyl (C=O) groups is 2. The number of nitrogens with one attached hydrogen (secondary N) is 1. The van der Waals surface area contributed by atoms with Gasteiger partial charge < -0.3 is 9.84 Å². The van der Waals surface area contributed by atoms with Gasteiger partial charge in [0.05, 0.1) is 11.9 Å². The average Bonchev–Trinajstić information content (AvgIpc) is 2.48. The third-order valence-electron chi connectivity index (χ3n) is 2.60. The van der Waals surface area contributed by atoms with Crippen molar-refractivity contribution in [1.82, 2.24) is 9.97 Å². The largest absolute Gasteiger partial charge is 0.476 e. The zero-order chi connectivity index (χ0) is 15.2. The lowest BCUT2D eigenvalue weighted by atomic mass is 10.2. The van der Waals surface area contributed by atoms with Gasteiger partial charge in [0.25, 0.3) is 0 Å². The third kappa shape index (κ3) is 4.00. The Morgan fingerprint density at radius 2 is 2.00 bits per heavy atom. The maximum absolute atomic E-state index is 11.6. The molecular formula is C14H13N3O4. The molecule has 0 unspecified atom stereocenters. The Bertz CT molecular complexity index is 659. The molecule has 0 aliphatic carbocycles. The summed E-state index contributed by atoms with van der Waals surface area (Å²) in [6.45, 7) is 1.68. The molecule has 2 N–H and O–H groups in total. The molecule has 0 spiro atoms. The summed E-state index contributed by atoms with van der Waals surface area (Å²) < 4.78 is 5.03. The Kier molecular flexibility index (Phi) is 4.45. The fourth-order valence-electron chi connectivity index (χ4n) is 1.56. The van der Waals surface area contributed by atoms with Crippen molar-refractivity contribution in [3.8, 4) is 0 Å². The highest BCUT2D eigenvalue weighted by Gasteiger charge is 2.11. The number of ether oxygens (including phenoxy) is 1. The van der Waals surface area contributed by atoms with Gasteiger partial charge in [0.15, 0.2) is 11.5 Å². The Balaban J connectivity index is 1.95. The summed E-state index contributed by atoms with van der Waals surface area (Å²) in [4.78, 5) is 30.0. The number of hydrogen-bond donors (Lipinski definition) is 2. The van der Waals surface area contributed by atoms with Gasteiger partial charge in [-0.15, -0.1) is 0 Å². The first-order valence-corrected chi connectivity index (χ1v) is 6.11. The number of carboxylic acid groups (broad SMARTS) is 1. The van der Waals surface area contributed by atoms with Crippen LogP contribution in [0.2, 0.25) is 0 Å². The number of amides is 1. The smallest absolute Gasteiger partial charge is 0.413 e. The predicted molar refractivity (Wildman–Crippen MR) is 74.0 cm³/mol. The van der Waals surface area contributed by atoms with Crippen molar-refractivity contribution < 1.29 is 19.4 Å². The molecule has 0 atom stereocenters. The number of aryl methyl sites for hydroxylation is 1. The van der Waals surface area contributed by atoms with E-state index in [9.17, 15) is 9.59 Å². The van der Waals surface area contributed by atoms with Crippen LogP contribution in [0.15, 0.2) is 36.5 Å². The van der Waals surface area contributed by atoms with Crippen molar-refractivity contribution in [1.29, 1.82) is 0 Å². The van der Waals surface area contributed by atoms with Crippen LogP contribution in [0.1, 0.15) is 21.7 Å². The number of aromatic carboxylic acids is 1. The highest BCUT2D eigenvalue weighted by molar-refractivity contribution is 5.87. The van der Waals surface area contributed by atoms with Gasteiger partial charge >= 0.3 is 12.1 Å². The summed E-state index contributed by atoms with van der Waals surface area (Å²) >= 11 is 0. The van der Waals surface area contributed by atoms with E-state index in [0.717, 1.165) is 11.8 Å². The van der Waals surface area contributed by atoms with Crippen molar-refractivity contribution in [3.63, 3.8) is 0 Å². The summed E-state index contributed by atoms with van der Waals surface area (Å²) in [6.07, 6.45) is 0.390. The van der Waals surface area contributed by atoms with E-state index >= 15 is 0 Å². The van der Waals surface area contributed by atoms with Crippen LogP contribution in [-0.4, -0.2) is 27.1 Å². The Morgan fingerprint density at radius 1 is 1.29 bits per heavy atom. The van der Waals surface area contributed by atoms with E-state index in [2.05, 4.69) is 15.3 Å². The molecule has 0 saturated heterocycles. The number of aromatic nitrogens is 2. The quantitative estimate of drug-likeness (QED) is 0.894. The van der Waals surface area contributed by atoms with Gasteiger partial charge in [-0.1, -0.05) is 30.3 Å². The van der Waals surface area contributed by atoms with Crippen molar-refractivity contribution in [3.05, 3.63) is 53.5 Å². The van der Waals surface area contributed by atoms with Crippen LogP contribution < -0.4 is 5.32 Å². The summed E-state index contributed by atoms with van der Waals surface area (Å²) in [6, 6.07) is 9.22.